The molecule has 3 unspecified atom stereocenters. The fourth-order valence-electron chi connectivity index (χ4n) is 1.92. The van der Waals surface area contributed by atoms with Gasteiger partial charge in [0, 0.05) is 19.5 Å². The van der Waals surface area contributed by atoms with E-state index in [1.807, 2.05) is 6.92 Å². The van der Waals surface area contributed by atoms with E-state index in [-0.39, 0.29) is 24.8 Å². The second kappa shape index (κ2) is 4.99. The molecule has 0 saturated carbocycles. The smallest absolute Gasteiger partial charge is 0.308 e. The molecule has 0 spiro atoms. The predicted octanol–water partition coefficient (Wildman–Crippen LogP) is -0.484. The van der Waals surface area contributed by atoms with Crippen LogP contribution >= 0.6 is 0 Å². The Morgan fingerprint density at radius 1 is 1.62 bits per heavy atom. The minimum Gasteiger partial charge on any atom is -0.481 e. The van der Waals surface area contributed by atoms with Crippen molar-refractivity contribution < 1.29 is 14.7 Å². The highest BCUT2D eigenvalue weighted by molar-refractivity contribution is 5.83. The van der Waals surface area contributed by atoms with E-state index in [9.17, 15) is 9.59 Å². The van der Waals surface area contributed by atoms with Crippen LogP contribution in [-0.2, 0) is 9.59 Å². The Labute approximate surface area is 94.6 Å². The number of carbonyl (C=O) groups is 2. The zero-order valence-corrected chi connectivity index (χ0v) is 9.22. The molecular weight excluding hydrogens is 208 g/mol. The van der Waals surface area contributed by atoms with E-state index in [0.29, 0.717) is 6.54 Å². The Balaban J connectivity index is 2.62. The average molecular weight is 224 g/mol. The van der Waals surface area contributed by atoms with E-state index in [1.165, 1.54) is 4.90 Å². The van der Waals surface area contributed by atoms with E-state index in [1.54, 1.807) is 0 Å². The summed E-state index contributed by atoms with van der Waals surface area (Å²) in [5.41, 5.74) is 5.59. The summed E-state index contributed by atoms with van der Waals surface area (Å²) >= 11 is 0. The topological polar surface area (TPSA) is 83.6 Å². The second-order valence-corrected chi connectivity index (χ2v) is 4.18. The lowest BCUT2D eigenvalue weighted by Gasteiger charge is -2.19. The summed E-state index contributed by atoms with van der Waals surface area (Å²) < 4.78 is 0. The maximum absolute atomic E-state index is 11.8. The molecule has 1 fully saturated rings. The summed E-state index contributed by atoms with van der Waals surface area (Å²) in [7, 11) is 0. The first-order valence-electron chi connectivity index (χ1n) is 5.18. The minimum absolute atomic E-state index is 0.0421. The Morgan fingerprint density at radius 3 is 2.69 bits per heavy atom. The molecule has 88 valence electrons. The number of terminal acetylenes is 1. The number of hydrogen-bond donors (Lipinski definition) is 2. The normalized spacial score (nSPS) is 26.2. The van der Waals surface area contributed by atoms with Crippen LogP contribution in [0.15, 0.2) is 0 Å². The molecule has 5 heteroatoms. The van der Waals surface area contributed by atoms with E-state index in [2.05, 4.69) is 5.92 Å². The third-order valence-electron chi connectivity index (χ3n) is 2.90. The van der Waals surface area contributed by atoms with Crippen molar-refractivity contribution in [2.24, 2.45) is 17.6 Å². The summed E-state index contributed by atoms with van der Waals surface area (Å²) in [5, 5.41) is 8.92. The molecule has 0 aromatic rings. The molecule has 1 heterocycles. The van der Waals surface area contributed by atoms with Crippen molar-refractivity contribution in [3.8, 4) is 12.3 Å². The Hall–Kier alpha value is -1.54. The van der Waals surface area contributed by atoms with Gasteiger partial charge in [-0.1, -0.05) is 6.92 Å². The third kappa shape index (κ3) is 2.52. The monoisotopic (exact) mass is 224 g/mol. The fraction of sp³-hybridized carbons (Fsp3) is 0.636. The number of likely N-dealkylation sites (tertiary alicyclic amines) is 1. The van der Waals surface area contributed by atoms with E-state index >= 15 is 0 Å². The van der Waals surface area contributed by atoms with Gasteiger partial charge < -0.3 is 15.7 Å². The number of carboxylic acid groups (broad SMARTS) is 1. The third-order valence-corrected chi connectivity index (χ3v) is 2.90. The maximum Gasteiger partial charge on any atom is 0.308 e. The van der Waals surface area contributed by atoms with Gasteiger partial charge in [-0.3, -0.25) is 9.59 Å². The van der Waals surface area contributed by atoms with Gasteiger partial charge in [0.1, 0.15) is 0 Å². The highest BCUT2D eigenvalue weighted by atomic mass is 16.4. The van der Waals surface area contributed by atoms with Crippen molar-refractivity contribution in [1.29, 1.82) is 0 Å². The molecule has 0 aromatic heterocycles. The van der Waals surface area contributed by atoms with Crippen molar-refractivity contribution in [2.75, 3.05) is 13.1 Å². The molecule has 3 N–H and O–H groups in total. The van der Waals surface area contributed by atoms with Gasteiger partial charge in [-0.25, -0.2) is 0 Å². The zero-order valence-electron chi connectivity index (χ0n) is 9.22. The van der Waals surface area contributed by atoms with Crippen LogP contribution in [0.2, 0.25) is 0 Å². The number of amides is 1. The molecule has 0 radical (unpaired) electrons. The van der Waals surface area contributed by atoms with Gasteiger partial charge >= 0.3 is 5.97 Å². The van der Waals surface area contributed by atoms with Crippen LogP contribution in [0.1, 0.15) is 13.3 Å². The molecule has 16 heavy (non-hydrogen) atoms. The Kier molecular flexibility index (Phi) is 3.91. The van der Waals surface area contributed by atoms with Crippen molar-refractivity contribution in [2.45, 2.75) is 19.4 Å². The lowest BCUT2D eigenvalue weighted by molar-refractivity contribution is -0.142. The number of rotatable bonds is 3. The number of carboxylic acids is 1. The summed E-state index contributed by atoms with van der Waals surface area (Å²) in [6.07, 6.45) is 5.26. The fourth-order valence-corrected chi connectivity index (χ4v) is 1.92. The van der Waals surface area contributed by atoms with E-state index < -0.39 is 17.9 Å². The van der Waals surface area contributed by atoms with Gasteiger partial charge in [0.25, 0.3) is 0 Å². The SMILES string of the molecule is C#CCC(N)C(=O)N1CC(C)C(C(=O)O)C1. The van der Waals surface area contributed by atoms with Crippen molar-refractivity contribution in [3.63, 3.8) is 0 Å². The summed E-state index contributed by atoms with van der Waals surface area (Å²) in [5.74, 6) is 0.665. The number of nitrogens with two attached hydrogens (primary N) is 1. The lowest BCUT2D eigenvalue weighted by atomic mass is 9.99. The van der Waals surface area contributed by atoms with Crippen LogP contribution < -0.4 is 5.73 Å². The van der Waals surface area contributed by atoms with Crippen LogP contribution in [-0.4, -0.2) is 41.0 Å². The van der Waals surface area contributed by atoms with Crippen molar-refractivity contribution in [3.05, 3.63) is 0 Å². The average Bonchev–Trinajstić information content (AvgIpc) is 2.59. The van der Waals surface area contributed by atoms with Crippen molar-refractivity contribution >= 4 is 11.9 Å². The van der Waals surface area contributed by atoms with Crippen LogP contribution in [0.4, 0.5) is 0 Å². The van der Waals surface area contributed by atoms with Crippen LogP contribution in [0.3, 0.4) is 0 Å². The van der Waals surface area contributed by atoms with Crippen LogP contribution in [0, 0.1) is 24.2 Å². The second-order valence-electron chi connectivity index (χ2n) is 4.18. The summed E-state index contributed by atoms with van der Waals surface area (Å²) in [6, 6.07) is -0.718. The minimum atomic E-state index is -0.867. The van der Waals surface area contributed by atoms with Gasteiger partial charge in [-0.05, 0) is 5.92 Å². The molecule has 1 aliphatic heterocycles. The molecule has 1 saturated heterocycles. The van der Waals surface area contributed by atoms with E-state index in [0.717, 1.165) is 0 Å². The van der Waals surface area contributed by atoms with Gasteiger partial charge in [0.15, 0.2) is 0 Å². The molecule has 0 bridgehead atoms. The quantitative estimate of drug-likeness (QED) is 0.634. The molecular formula is C11H16N2O3. The number of aliphatic carboxylic acids is 1. The van der Waals surface area contributed by atoms with Crippen LogP contribution in [0.25, 0.3) is 0 Å². The standard InChI is InChI=1S/C11H16N2O3/c1-3-4-9(12)10(14)13-5-7(2)8(6-13)11(15)16/h1,7-9H,4-6,12H2,2H3,(H,15,16). The predicted molar refractivity (Wildman–Crippen MR) is 58.3 cm³/mol. The molecule has 1 aliphatic rings. The number of hydrogen-bond acceptors (Lipinski definition) is 3. The molecule has 3 atom stereocenters. The molecule has 1 amide bonds. The molecule has 1 rings (SSSR count). The van der Waals surface area contributed by atoms with Crippen LogP contribution in [0.5, 0.6) is 0 Å². The summed E-state index contributed by atoms with van der Waals surface area (Å²) in [6.45, 7) is 2.49. The number of carbonyl (C=O) groups excluding carboxylic acids is 1. The zero-order chi connectivity index (χ0) is 12.3. The Bertz CT molecular complexity index is 335. The largest absolute Gasteiger partial charge is 0.481 e. The van der Waals surface area contributed by atoms with Crippen molar-refractivity contribution in [1.82, 2.24) is 4.90 Å². The first kappa shape index (κ1) is 12.5. The summed E-state index contributed by atoms with van der Waals surface area (Å²) in [4.78, 5) is 24.1. The molecule has 5 nitrogen and oxygen atoms in total. The molecule has 0 aliphatic carbocycles. The van der Waals surface area contributed by atoms with E-state index in [4.69, 9.17) is 17.3 Å². The van der Waals surface area contributed by atoms with Gasteiger partial charge in [0.05, 0.1) is 12.0 Å². The van der Waals surface area contributed by atoms with Gasteiger partial charge in [-0.2, -0.15) is 0 Å². The number of nitrogens with zero attached hydrogens (tertiary/aromatic N) is 1. The van der Waals surface area contributed by atoms with Gasteiger partial charge in [-0.15, -0.1) is 12.3 Å². The first-order valence-corrected chi connectivity index (χ1v) is 5.18. The Morgan fingerprint density at radius 2 is 2.25 bits per heavy atom. The maximum atomic E-state index is 11.8. The molecule has 0 aromatic carbocycles. The lowest BCUT2D eigenvalue weighted by Crippen LogP contribution is -2.42. The highest BCUT2D eigenvalue weighted by Gasteiger charge is 2.37. The first-order chi connectivity index (χ1) is 7.47. The highest BCUT2D eigenvalue weighted by Crippen LogP contribution is 2.23. The van der Waals surface area contributed by atoms with Gasteiger partial charge in [0.2, 0.25) is 5.91 Å².